The van der Waals surface area contributed by atoms with Crippen molar-refractivity contribution in [3.05, 3.63) is 82.1 Å². The fourth-order valence-corrected chi connectivity index (χ4v) is 3.51. The fourth-order valence-electron chi connectivity index (χ4n) is 3.51. The number of hydrogen-bond acceptors (Lipinski definition) is 5. The van der Waals surface area contributed by atoms with Crippen molar-refractivity contribution in [1.29, 1.82) is 5.26 Å². The van der Waals surface area contributed by atoms with Crippen molar-refractivity contribution >= 4 is 28.2 Å². The van der Waals surface area contributed by atoms with E-state index in [9.17, 15) is 10.1 Å². The van der Waals surface area contributed by atoms with Gasteiger partial charge in [-0.2, -0.15) is 10.4 Å². The van der Waals surface area contributed by atoms with Gasteiger partial charge in [-0.25, -0.2) is 0 Å². The summed E-state index contributed by atoms with van der Waals surface area (Å²) in [6, 6.07) is 21.0. The van der Waals surface area contributed by atoms with Gasteiger partial charge in [0, 0.05) is 11.6 Å². The van der Waals surface area contributed by atoms with Crippen molar-refractivity contribution in [1.82, 2.24) is 19.6 Å². The molecule has 0 aliphatic rings. The van der Waals surface area contributed by atoms with Crippen LogP contribution in [0.1, 0.15) is 11.1 Å². The van der Waals surface area contributed by atoms with E-state index in [4.69, 9.17) is 0 Å². The molecule has 2 N–H and O–H groups in total. The number of fused-ring (bicyclic) bond motifs is 3. The van der Waals surface area contributed by atoms with Gasteiger partial charge in [-0.05, 0) is 24.6 Å². The van der Waals surface area contributed by atoms with Crippen molar-refractivity contribution < 1.29 is 0 Å². The highest BCUT2D eigenvalue weighted by atomic mass is 16.1. The molecule has 3 aromatic heterocycles. The highest BCUT2D eigenvalue weighted by Gasteiger charge is 2.18. The van der Waals surface area contributed by atoms with Gasteiger partial charge in [-0.15, -0.1) is 10.2 Å². The number of para-hydroxylation sites is 2. The van der Waals surface area contributed by atoms with Crippen LogP contribution in [-0.4, -0.2) is 19.6 Å². The molecule has 0 atom stereocenters. The second-order valence-corrected chi connectivity index (χ2v) is 6.80. The summed E-state index contributed by atoms with van der Waals surface area (Å²) in [6.07, 6.45) is 0. The number of hydrogen-bond donors (Lipinski definition) is 2. The zero-order valence-corrected chi connectivity index (χ0v) is 15.9. The molecule has 0 aliphatic heterocycles. The van der Waals surface area contributed by atoms with Crippen LogP contribution in [0.3, 0.4) is 0 Å². The zero-order chi connectivity index (χ0) is 20.7. The molecule has 5 aromatic rings. The lowest BCUT2D eigenvalue weighted by Crippen LogP contribution is -2.14. The van der Waals surface area contributed by atoms with E-state index in [1.807, 2.05) is 54.6 Å². The van der Waals surface area contributed by atoms with Crippen LogP contribution in [0.5, 0.6) is 0 Å². The summed E-state index contributed by atoms with van der Waals surface area (Å²) in [5, 5.41) is 25.1. The molecule has 5 rings (SSSR count). The van der Waals surface area contributed by atoms with Gasteiger partial charge in [-0.1, -0.05) is 42.5 Å². The summed E-state index contributed by atoms with van der Waals surface area (Å²) >= 11 is 0. The van der Waals surface area contributed by atoms with Gasteiger partial charge in [0.2, 0.25) is 0 Å². The van der Waals surface area contributed by atoms with Crippen molar-refractivity contribution in [2.75, 3.05) is 0 Å². The lowest BCUT2D eigenvalue weighted by atomic mass is 10.1. The number of aromatic nitrogens is 4. The first-order chi connectivity index (χ1) is 14.7. The zero-order valence-electron chi connectivity index (χ0n) is 15.9. The maximum absolute atomic E-state index is 13.2. The Morgan fingerprint density at radius 2 is 1.83 bits per heavy atom. The Labute approximate surface area is 170 Å². The van der Waals surface area contributed by atoms with Gasteiger partial charge in [0.25, 0.3) is 5.56 Å². The number of imidazole rings is 1. The van der Waals surface area contributed by atoms with Crippen LogP contribution in [0.2, 0.25) is 0 Å². The Kier molecular flexibility index (Phi) is 4.00. The third kappa shape index (κ3) is 2.69. The monoisotopic (exact) mass is 393 g/mol. The van der Waals surface area contributed by atoms with Crippen molar-refractivity contribution in [3.63, 3.8) is 0 Å². The number of nitrogens with one attached hydrogen (secondary N) is 2. The Morgan fingerprint density at radius 1 is 1.07 bits per heavy atom. The van der Waals surface area contributed by atoms with Crippen LogP contribution in [0.15, 0.2) is 75.7 Å². The molecule has 8 heteroatoms. The first-order valence-corrected chi connectivity index (χ1v) is 9.26. The van der Waals surface area contributed by atoms with Gasteiger partial charge in [-0.3, -0.25) is 14.3 Å². The van der Waals surface area contributed by atoms with E-state index in [-0.39, 0.29) is 11.2 Å². The van der Waals surface area contributed by atoms with Crippen LogP contribution in [0.25, 0.3) is 27.9 Å². The molecular formula is C22H15N7O. The lowest BCUT2D eigenvalue weighted by Gasteiger charge is -2.04. The van der Waals surface area contributed by atoms with E-state index in [1.165, 1.54) is 4.40 Å². The third-order valence-corrected chi connectivity index (χ3v) is 5.01. The summed E-state index contributed by atoms with van der Waals surface area (Å²) in [4.78, 5) is 16.3. The fraction of sp³-hybridized carbons (Fsp3) is 0.0455. The van der Waals surface area contributed by atoms with Crippen LogP contribution >= 0.6 is 0 Å². The molecule has 0 unspecified atom stereocenters. The number of nitriles is 1. The molecule has 0 bridgehead atoms. The minimum atomic E-state index is -0.346. The molecule has 0 spiro atoms. The van der Waals surface area contributed by atoms with Crippen molar-refractivity contribution in [2.24, 2.45) is 10.2 Å². The van der Waals surface area contributed by atoms with Gasteiger partial charge in [0.15, 0.2) is 11.5 Å². The number of benzene rings is 2. The molecule has 0 aliphatic carbocycles. The molecule has 30 heavy (non-hydrogen) atoms. The van der Waals surface area contributed by atoms with Crippen LogP contribution in [0.4, 0.5) is 11.5 Å². The summed E-state index contributed by atoms with van der Waals surface area (Å²) in [5.74, 6) is 0.343. The van der Waals surface area contributed by atoms with Crippen LogP contribution < -0.4 is 5.56 Å². The Hall–Kier alpha value is -4.51. The maximum Gasteiger partial charge on any atom is 0.284 e. The lowest BCUT2D eigenvalue weighted by molar-refractivity contribution is 1.04. The molecule has 0 fully saturated rings. The minimum absolute atomic E-state index is 0.109. The largest absolute Gasteiger partial charge is 0.338 e. The number of rotatable bonds is 3. The molecule has 3 heterocycles. The van der Waals surface area contributed by atoms with E-state index in [0.29, 0.717) is 28.1 Å². The van der Waals surface area contributed by atoms with Gasteiger partial charge in [0.05, 0.1) is 22.3 Å². The summed E-state index contributed by atoms with van der Waals surface area (Å²) < 4.78 is 1.47. The standard InChI is InChI=1S/C22H15N7O/c1-13-15(12-23)21-24-16-9-5-6-10-18(16)29(21)22(30)20(13)28-27-19-11-17(25-26-19)14-7-3-2-4-8-14/h2-11,24H,1H3,(H,25,26). The highest BCUT2D eigenvalue weighted by Crippen LogP contribution is 2.27. The van der Waals surface area contributed by atoms with Gasteiger partial charge >= 0.3 is 0 Å². The number of azo groups is 1. The van der Waals surface area contributed by atoms with E-state index >= 15 is 0 Å². The number of aromatic amines is 2. The average Bonchev–Trinajstić information content (AvgIpc) is 3.39. The first kappa shape index (κ1) is 17.6. The molecular weight excluding hydrogens is 378 g/mol. The molecule has 0 saturated carbocycles. The molecule has 0 saturated heterocycles. The van der Waals surface area contributed by atoms with Gasteiger partial charge < -0.3 is 4.98 Å². The maximum atomic E-state index is 13.2. The number of nitrogens with zero attached hydrogens (tertiary/aromatic N) is 5. The highest BCUT2D eigenvalue weighted by molar-refractivity contribution is 5.84. The second kappa shape index (κ2) is 6.83. The van der Waals surface area contributed by atoms with E-state index in [2.05, 4.69) is 31.5 Å². The van der Waals surface area contributed by atoms with Gasteiger partial charge in [0.1, 0.15) is 11.7 Å². The quantitative estimate of drug-likeness (QED) is 0.430. The molecule has 8 nitrogen and oxygen atoms in total. The van der Waals surface area contributed by atoms with Crippen molar-refractivity contribution in [3.8, 4) is 17.3 Å². The summed E-state index contributed by atoms with van der Waals surface area (Å²) in [7, 11) is 0. The Morgan fingerprint density at radius 3 is 2.63 bits per heavy atom. The molecule has 0 radical (unpaired) electrons. The molecule has 0 amide bonds. The van der Waals surface area contributed by atoms with Crippen LogP contribution in [0, 0.1) is 18.3 Å². The molecule has 144 valence electrons. The van der Waals surface area contributed by atoms with Crippen LogP contribution in [-0.2, 0) is 0 Å². The normalized spacial score (nSPS) is 11.5. The smallest absolute Gasteiger partial charge is 0.284 e. The SMILES string of the molecule is Cc1c(N=Nc2cc(-c3ccccc3)[nH]n2)c(=O)n2c([nH]c3ccccc32)c1C#N. The Bertz CT molecular complexity index is 1530. The van der Waals surface area contributed by atoms with E-state index < -0.39 is 0 Å². The first-order valence-electron chi connectivity index (χ1n) is 9.26. The van der Waals surface area contributed by atoms with E-state index in [0.717, 1.165) is 16.8 Å². The van der Waals surface area contributed by atoms with E-state index in [1.54, 1.807) is 13.0 Å². The topological polar surface area (TPSA) is 114 Å². The number of pyridine rings is 1. The third-order valence-electron chi connectivity index (χ3n) is 5.01. The summed E-state index contributed by atoms with van der Waals surface area (Å²) in [6.45, 7) is 1.69. The average molecular weight is 393 g/mol. The minimum Gasteiger partial charge on any atom is -0.338 e. The number of H-pyrrole nitrogens is 2. The molecule has 2 aromatic carbocycles. The summed E-state index contributed by atoms with van der Waals surface area (Å²) in [5.41, 5.74) is 4.24. The Balaban J connectivity index is 1.65. The second-order valence-electron chi connectivity index (χ2n) is 6.80. The predicted molar refractivity (Wildman–Crippen MR) is 113 cm³/mol. The van der Waals surface area contributed by atoms with Crippen molar-refractivity contribution in [2.45, 2.75) is 6.92 Å². The predicted octanol–water partition coefficient (Wildman–Crippen LogP) is 4.77.